The minimum absolute atomic E-state index is 0.315. The zero-order chi connectivity index (χ0) is 13.3. The lowest BCUT2D eigenvalue weighted by Crippen LogP contribution is -2.18. The molecule has 2 aromatic rings. The molecule has 1 aromatic carbocycles. The summed E-state index contributed by atoms with van der Waals surface area (Å²) < 4.78 is 13.4. The molecule has 0 spiro atoms. The van der Waals surface area contributed by atoms with Crippen LogP contribution in [0.3, 0.4) is 0 Å². The fourth-order valence-electron chi connectivity index (χ4n) is 1.49. The van der Waals surface area contributed by atoms with Crippen LogP contribution in [0.4, 0.5) is 4.39 Å². The van der Waals surface area contributed by atoms with E-state index in [2.05, 4.69) is 4.98 Å². The Morgan fingerprint density at radius 1 is 1.28 bits per heavy atom. The molecule has 0 aliphatic rings. The Labute approximate surface area is 115 Å². The van der Waals surface area contributed by atoms with Gasteiger partial charge in [0.15, 0.2) is 0 Å². The first-order chi connectivity index (χ1) is 8.49. The van der Waals surface area contributed by atoms with Crippen molar-refractivity contribution in [3.05, 3.63) is 55.6 Å². The molecule has 4 nitrogen and oxygen atoms in total. The zero-order valence-electron chi connectivity index (χ0n) is 8.91. The molecule has 2 N–H and O–H groups in total. The van der Waals surface area contributed by atoms with Crippen molar-refractivity contribution in [1.29, 1.82) is 0 Å². The van der Waals surface area contributed by atoms with E-state index in [1.807, 2.05) is 22.6 Å². The summed E-state index contributed by atoms with van der Waals surface area (Å²) in [5, 5.41) is 8.82. The van der Waals surface area contributed by atoms with E-state index in [9.17, 15) is 14.0 Å². The molecule has 1 aromatic heterocycles. The van der Waals surface area contributed by atoms with Crippen molar-refractivity contribution < 1.29 is 14.3 Å². The minimum Gasteiger partial charge on any atom is -0.477 e. The van der Waals surface area contributed by atoms with Crippen molar-refractivity contribution in [2.75, 3.05) is 0 Å². The van der Waals surface area contributed by atoms with E-state index < -0.39 is 11.5 Å². The van der Waals surface area contributed by atoms with Gasteiger partial charge in [-0.3, -0.25) is 4.79 Å². The van der Waals surface area contributed by atoms with Crippen LogP contribution in [0.5, 0.6) is 0 Å². The second-order valence-electron chi connectivity index (χ2n) is 3.55. The molecule has 2 rings (SSSR count). The maximum atomic E-state index is 12.8. The van der Waals surface area contributed by atoms with Crippen LogP contribution in [-0.4, -0.2) is 16.1 Å². The summed E-state index contributed by atoms with van der Waals surface area (Å²) >= 11 is 1.92. The third-order valence-electron chi connectivity index (χ3n) is 2.36. The van der Waals surface area contributed by atoms with E-state index in [0.29, 0.717) is 14.8 Å². The summed E-state index contributed by atoms with van der Waals surface area (Å²) in [6.45, 7) is 0. The molecule has 0 saturated heterocycles. The highest BCUT2D eigenvalue weighted by Crippen LogP contribution is 2.22. The Bertz CT molecular complexity index is 664. The number of H-pyrrole nitrogens is 1. The van der Waals surface area contributed by atoms with E-state index in [1.165, 1.54) is 30.3 Å². The van der Waals surface area contributed by atoms with Gasteiger partial charge in [0.25, 0.3) is 5.56 Å². The van der Waals surface area contributed by atoms with Gasteiger partial charge < -0.3 is 10.1 Å². The zero-order valence-corrected chi connectivity index (χ0v) is 11.1. The van der Waals surface area contributed by atoms with Crippen molar-refractivity contribution in [3.63, 3.8) is 0 Å². The van der Waals surface area contributed by atoms with Crippen LogP contribution in [-0.2, 0) is 0 Å². The molecule has 0 saturated carbocycles. The first-order valence-corrected chi connectivity index (χ1v) is 5.99. The number of aromatic nitrogens is 1. The molecule has 0 unspecified atom stereocenters. The van der Waals surface area contributed by atoms with Crippen molar-refractivity contribution in [3.8, 4) is 11.3 Å². The predicted molar refractivity (Wildman–Crippen MR) is 72.1 cm³/mol. The average molecular weight is 359 g/mol. The van der Waals surface area contributed by atoms with Gasteiger partial charge >= 0.3 is 5.97 Å². The number of aromatic carboxylic acids is 1. The first kappa shape index (κ1) is 12.7. The van der Waals surface area contributed by atoms with Crippen LogP contribution in [0.15, 0.2) is 35.1 Å². The Morgan fingerprint density at radius 2 is 1.89 bits per heavy atom. The number of aromatic amines is 1. The quantitative estimate of drug-likeness (QED) is 0.810. The largest absolute Gasteiger partial charge is 0.477 e. The molecular weight excluding hydrogens is 352 g/mol. The molecule has 0 amide bonds. The summed E-state index contributed by atoms with van der Waals surface area (Å²) in [7, 11) is 0. The van der Waals surface area contributed by atoms with Crippen LogP contribution >= 0.6 is 22.6 Å². The van der Waals surface area contributed by atoms with E-state index >= 15 is 0 Å². The summed E-state index contributed by atoms with van der Waals surface area (Å²) in [6.07, 6.45) is 0. The highest BCUT2D eigenvalue weighted by molar-refractivity contribution is 14.1. The number of hydrogen-bond acceptors (Lipinski definition) is 2. The molecule has 0 fully saturated rings. The summed E-state index contributed by atoms with van der Waals surface area (Å²) in [5.74, 6) is -1.65. The average Bonchev–Trinajstić information content (AvgIpc) is 2.32. The van der Waals surface area contributed by atoms with Crippen LogP contribution in [0, 0.1) is 9.39 Å². The molecule has 0 atom stereocenters. The SMILES string of the molecule is O=C(O)c1cc(I)c(-c2ccc(F)cc2)[nH]c1=O. The number of halogens is 2. The van der Waals surface area contributed by atoms with Crippen LogP contribution in [0.25, 0.3) is 11.3 Å². The van der Waals surface area contributed by atoms with Gasteiger partial charge in [-0.05, 0) is 58.5 Å². The van der Waals surface area contributed by atoms with Crippen molar-refractivity contribution in [1.82, 2.24) is 4.98 Å². The molecule has 92 valence electrons. The Hall–Kier alpha value is -1.70. The van der Waals surface area contributed by atoms with Gasteiger partial charge in [0.1, 0.15) is 11.4 Å². The number of rotatable bonds is 2. The molecule has 18 heavy (non-hydrogen) atoms. The third-order valence-corrected chi connectivity index (χ3v) is 3.21. The lowest BCUT2D eigenvalue weighted by molar-refractivity contribution is 0.0695. The van der Waals surface area contributed by atoms with Crippen molar-refractivity contribution in [2.24, 2.45) is 0 Å². The first-order valence-electron chi connectivity index (χ1n) is 4.91. The highest BCUT2D eigenvalue weighted by atomic mass is 127. The van der Waals surface area contributed by atoms with Gasteiger partial charge in [-0.25, -0.2) is 9.18 Å². The van der Waals surface area contributed by atoms with Gasteiger partial charge in [-0.1, -0.05) is 0 Å². The lowest BCUT2D eigenvalue weighted by atomic mass is 10.1. The van der Waals surface area contributed by atoms with E-state index in [0.717, 1.165) is 0 Å². The van der Waals surface area contributed by atoms with Crippen LogP contribution in [0.1, 0.15) is 10.4 Å². The minimum atomic E-state index is -1.28. The number of carbonyl (C=O) groups is 1. The fraction of sp³-hybridized carbons (Fsp3) is 0. The summed E-state index contributed by atoms with van der Waals surface area (Å²) in [6, 6.07) is 6.87. The third kappa shape index (κ3) is 2.42. The second kappa shape index (κ2) is 4.89. The number of benzene rings is 1. The number of pyridine rings is 1. The Kier molecular flexibility index (Phi) is 3.46. The van der Waals surface area contributed by atoms with E-state index in [1.54, 1.807) is 0 Å². The molecule has 0 bridgehead atoms. The van der Waals surface area contributed by atoms with Crippen molar-refractivity contribution >= 4 is 28.6 Å². The van der Waals surface area contributed by atoms with Gasteiger partial charge in [0, 0.05) is 3.57 Å². The molecule has 0 aliphatic heterocycles. The van der Waals surface area contributed by atoms with E-state index in [-0.39, 0.29) is 11.4 Å². The Balaban J connectivity index is 2.60. The fourth-order valence-corrected chi connectivity index (χ4v) is 2.25. The molecule has 0 radical (unpaired) electrons. The predicted octanol–water partition coefficient (Wildman–Crippen LogP) is 2.48. The maximum absolute atomic E-state index is 12.8. The normalized spacial score (nSPS) is 10.3. The maximum Gasteiger partial charge on any atom is 0.341 e. The van der Waals surface area contributed by atoms with Gasteiger partial charge in [0.05, 0.1) is 5.69 Å². The number of hydrogen-bond donors (Lipinski definition) is 2. The number of carboxylic acid groups (broad SMARTS) is 1. The monoisotopic (exact) mass is 359 g/mol. The molecule has 1 heterocycles. The highest BCUT2D eigenvalue weighted by Gasteiger charge is 2.13. The number of nitrogens with one attached hydrogen (secondary N) is 1. The van der Waals surface area contributed by atoms with Gasteiger partial charge in [-0.15, -0.1) is 0 Å². The van der Waals surface area contributed by atoms with Gasteiger partial charge in [0.2, 0.25) is 0 Å². The molecular formula is C12H7FINO3. The standard InChI is InChI=1S/C12H7FINO3/c13-7-3-1-6(2-4-7)10-9(14)5-8(12(17)18)11(16)15-10/h1-5H,(H,15,16)(H,17,18). The lowest BCUT2D eigenvalue weighted by Gasteiger charge is -2.05. The van der Waals surface area contributed by atoms with Gasteiger partial charge in [-0.2, -0.15) is 0 Å². The van der Waals surface area contributed by atoms with Crippen molar-refractivity contribution in [2.45, 2.75) is 0 Å². The molecule has 6 heteroatoms. The van der Waals surface area contributed by atoms with Crippen LogP contribution in [0.2, 0.25) is 0 Å². The summed E-state index contributed by atoms with van der Waals surface area (Å²) in [4.78, 5) is 24.8. The topological polar surface area (TPSA) is 70.2 Å². The van der Waals surface area contributed by atoms with Crippen LogP contribution < -0.4 is 5.56 Å². The Morgan fingerprint density at radius 3 is 2.44 bits per heavy atom. The molecule has 0 aliphatic carbocycles. The number of carboxylic acids is 1. The van der Waals surface area contributed by atoms with E-state index in [4.69, 9.17) is 5.11 Å². The summed E-state index contributed by atoms with van der Waals surface area (Å²) in [5.41, 5.74) is 0.105. The second-order valence-corrected chi connectivity index (χ2v) is 4.71. The smallest absolute Gasteiger partial charge is 0.341 e.